The van der Waals surface area contributed by atoms with Crippen LogP contribution >= 0.6 is 27.5 Å². The summed E-state index contributed by atoms with van der Waals surface area (Å²) in [6.45, 7) is 2.86. The summed E-state index contributed by atoms with van der Waals surface area (Å²) in [5, 5.41) is 4.09. The summed E-state index contributed by atoms with van der Waals surface area (Å²) >= 11 is 9.53. The Balaban J connectivity index is 2.01. The molecular weight excluding hydrogens is 314 g/mol. The summed E-state index contributed by atoms with van der Waals surface area (Å²) in [6, 6.07) is 4.08. The zero-order valence-electron chi connectivity index (χ0n) is 10.3. The second kappa shape index (κ2) is 5.87. The topological polar surface area (TPSA) is 29.9 Å². The summed E-state index contributed by atoms with van der Waals surface area (Å²) in [5.41, 5.74) is 2.12. The molecule has 3 nitrogen and oxygen atoms in total. The lowest BCUT2D eigenvalue weighted by Crippen LogP contribution is -2.19. The van der Waals surface area contributed by atoms with Crippen LogP contribution in [0.2, 0.25) is 5.02 Å². The minimum atomic E-state index is 0.116. The molecule has 2 rings (SSSR count). The van der Waals surface area contributed by atoms with E-state index in [1.165, 1.54) is 5.56 Å². The number of hydrogen-bond donors (Lipinski definition) is 1. The Bertz CT molecular complexity index is 539. The fourth-order valence-electron chi connectivity index (χ4n) is 1.78. The molecule has 0 saturated heterocycles. The van der Waals surface area contributed by atoms with Gasteiger partial charge in [-0.15, -0.1) is 0 Å². The smallest absolute Gasteiger partial charge is 0.0757 e. The molecule has 18 heavy (non-hydrogen) atoms. The molecule has 0 fully saturated rings. The van der Waals surface area contributed by atoms with Crippen molar-refractivity contribution < 1.29 is 0 Å². The van der Waals surface area contributed by atoms with Gasteiger partial charge in [0.15, 0.2) is 0 Å². The average Bonchev–Trinajstić information content (AvgIpc) is 2.72. The van der Waals surface area contributed by atoms with E-state index >= 15 is 0 Å². The highest BCUT2D eigenvalue weighted by Crippen LogP contribution is 2.23. The van der Waals surface area contributed by atoms with Gasteiger partial charge in [0.2, 0.25) is 0 Å². The minimum absolute atomic E-state index is 0.116. The summed E-state index contributed by atoms with van der Waals surface area (Å²) in [5.74, 6) is 0. The first-order valence-corrected chi connectivity index (χ1v) is 6.88. The molecule has 5 heteroatoms. The quantitative estimate of drug-likeness (QED) is 0.927. The van der Waals surface area contributed by atoms with Crippen LogP contribution < -0.4 is 5.32 Å². The van der Waals surface area contributed by atoms with E-state index in [2.05, 4.69) is 45.4 Å². The standard InChI is InChI=1S/C13H15BrClN3/c1-9(13-12(15)5-11(14)7-17-13)16-6-10-3-4-18(2)8-10/h3-5,7-9,16H,6H2,1-2H3. The van der Waals surface area contributed by atoms with Gasteiger partial charge in [-0.1, -0.05) is 11.6 Å². The van der Waals surface area contributed by atoms with Gasteiger partial charge in [-0.3, -0.25) is 4.98 Å². The van der Waals surface area contributed by atoms with Crippen molar-refractivity contribution in [2.45, 2.75) is 19.5 Å². The van der Waals surface area contributed by atoms with Crippen molar-refractivity contribution in [3.05, 3.63) is 51.5 Å². The molecule has 2 heterocycles. The van der Waals surface area contributed by atoms with E-state index in [1.54, 1.807) is 6.20 Å². The van der Waals surface area contributed by atoms with Crippen LogP contribution in [0.3, 0.4) is 0 Å². The van der Waals surface area contributed by atoms with Gasteiger partial charge in [0.25, 0.3) is 0 Å². The Morgan fingerprint density at radius 1 is 1.56 bits per heavy atom. The summed E-state index contributed by atoms with van der Waals surface area (Å²) < 4.78 is 2.93. The fourth-order valence-corrected chi connectivity index (χ4v) is 2.57. The fraction of sp³-hybridized carbons (Fsp3) is 0.308. The van der Waals surface area contributed by atoms with E-state index in [0.29, 0.717) is 5.02 Å². The van der Waals surface area contributed by atoms with Crippen molar-refractivity contribution in [1.82, 2.24) is 14.9 Å². The lowest BCUT2D eigenvalue weighted by molar-refractivity contribution is 0.561. The molecule has 0 amide bonds. The van der Waals surface area contributed by atoms with E-state index in [4.69, 9.17) is 11.6 Å². The van der Waals surface area contributed by atoms with Gasteiger partial charge in [0.1, 0.15) is 0 Å². The number of nitrogens with zero attached hydrogens (tertiary/aromatic N) is 2. The second-order valence-electron chi connectivity index (χ2n) is 4.31. The molecule has 0 aliphatic carbocycles. The van der Waals surface area contributed by atoms with E-state index in [0.717, 1.165) is 16.7 Å². The van der Waals surface area contributed by atoms with Crippen LogP contribution in [0, 0.1) is 0 Å². The number of rotatable bonds is 4. The number of hydrogen-bond acceptors (Lipinski definition) is 2. The lowest BCUT2D eigenvalue weighted by Gasteiger charge is -2.14. The molecule has 0 bridgehead atoms. The summed E-state index contributed by atoms with van der Waals surface area (Å²) in [4.78, 5) is 4.35. The predicted octanol–water partition coefficient (Wildman–Crippen LogP) is 3.69. The molecule has 1 unspecified atom stereocenters. The first-order valence-electron chi connectivity index (χ1n) is 5.71. The van der Waals surface area contributed by atoms with E-state index < -0.39 is 0 Å². The summed E-state index contributed by atoms with van der Waals surface area (Å²) in [6.07, 6.45) is 5.89. The van der Waals surface area contributed by atoms with Gasteiger partial charge in [-0.05, 0) is 40.5 Å². The third-order valence-electron chi connectivity index (χ3n) is 2.75. The summed E-state index contributed by atoms with van der Waals surface area (Å²) in [7, 11) is 2.01. The van der Waals surface area contributed by atoms with Crippen LogP contribution in [0.15, 0.2) is 35.2 Å². The van der Waals surface area contributed by atoms with Crippen LogP contribution in [-0.2, 0) is 13.6 Å². The van der Waals surface area contributed by atoms with Gasteiger partial charge in [-0.25, -0.2) is 0 Å². The Morgan fingerprint density at radius 2 is 2.33 bits per heavy atom. The molecule has 2 aromatic rings. The number of pyridine rings is 1. The molecule has 0 aliphatic heterocycles. The number of aromatic nitrogens is 2. The van der Waals surface area contributed by atoms with Crippen LogP contribution in [0.1, 0.15) is 24.2 Å². The Hall–Kier alpha value is -0.840. The maximum absolute atomic E-state index is 6.17. The maximum atomic E-state index is 6.17. The molecule has 0 radical (unpaired) electrons. The third kappa shape index (κ3) is 3.34. The highest BCUT2D eigenvalue weighted by molar-refractivity contribution is 9.10. The molecule has 0 saturated carbocycles. The monoisotopic (exact) mass is 327 g/mol. The molecule has 0 aromatic carbocycles. The minimum Gasteiger partial charge on any atom is -0.357 e. The Morgan fingerprint density at radius 3 is 2.94 bits per heavy atom. The predicted molar refractivity (Wildman–Crippen MR) is 77.6 cm³/mol. The van der Waals surface area contributed by atoms with Gasteiger partial charge >= 0.3 is 0 Å². The van der Waals surface area contributed by atoms with Gasteiger partial charge in [0.05, 0.1) is 10.7 Å². The molecule has 2 aromatic heterocycles. The second-order valence-corrected chi connectivity index (χ2v) is 5.63. The first-order chi connectivity index (χ1) is 8.56. The molecule has 0 aliphatic rings. The van der Waals surface area contributed by atoms with Crippen molar-refractivity contribution in [1.29, 1.82) is 0 Å². The number of nitrogens with one attached hydrogen (secondary N) is 1. The van der Waals surface area contributed by atoms with Crippen molar-refractivity contribution >= 4 is 27.5 Å². The van der Waals surface area contributed by atoms with Crippen molar-refractivity contribution in [3.8, 4) is 0 Å². The number of halogens is 2. The van der Waals surface area contributed by atoms with E-state index in [9.17, 15) is 0 Å². The molecule has 1 N–H and O–H groups in total. The van der Waals surface area contributed by atoms with Gasteiger partial charge in [0, 0.05) is 42.7 Å². The molecular formula is C13H15BrClN3. The van der Waals surface area contributed by atoms with Gasteiger partial charge < -0.3 is 9.88 Å². The Labute approximate surface area is 120 Å². The molecule has 96 valence electrons. The average molecular weight is 329 g/mol. The van der Waals surface area contributed by atoms with Crippen LogP contribution in [0.5, 0.6) is 0 Å². The van der Waals surface area contributed by atoms with E-state index in [-0.39, 0.29) is 6.04 Å². The Kier molecular flexibility index (Phi) is 4.43. The van der Waals surface area contributed by atoms with Crippen LogP contribution in [0.4, 0.5) is 0 Å². The largest absolute Gasteiger partial charge is 0.357 e. The van der Waals surface area contributed by atoms with Gasteiger partial charge in [-0.2, -0.15) is 0 Å². The first kappa shape index (κ1) is 13.6. The van der Waals surface area contributed by atoms with E-state index in [1.807, 2.05) is 23.9 Å². The zero-order chi connectivity index (χ0) is 13.1. The van der Waals surface area contributed by atoms with Crippen LogP contribution in [-0.4, -0.2) is 9.55 Å². The highest BCUT2D eigenvalue weighted by atomic mass is 79.9. The number of aryl methyl sites for hydroxylation is 1. The van der Waals surface area contributed by atoms with Crippen molar-refractivity contribution in [2.75, 3.05) is 0 Å². The van der Waals surface area contributed by atoms with Crippen molar-refractivity contribution in [2.24, 2.45) is 7.05 Å². The third-order valence-corrected chi connectivity index (χ3v) is 3.49. The van der Waals surface area contributed by atoms with Crippen molar-refractivity contribution in [3.63, 3.8) is 0 Å². The lowest BCUT2D eigenvalue weighted by atomic mass is 10.2. The molecule has 0 spiro atoms. The zero-order valence-corrected chi connectivity index (χ0v) is 12.7. The highest BCUT2D eigenvalue weighted by Gasteiger charge is 2.11. The normalized spacial score (nSPS) is 12.7. The van der Waals surface area contributed by atoms with Crippen LogP contribution in [0.25, 0.3) is 0 Å². The molecule has 1 atom stereocenters. The maximum Gasteiger partial charge on any atom is 0.0757 e. The SMILES string of the molecule is CC(NCc1ccn(C)c1)c1ncc(Br)cc1Cl.